The summed E-state index contributed by atoms with van der Waals surface area (Å²) in [6.07, 6.45) is 6.75. The minimum atomic E-state index is -1.98. The van der Waals surface area contributed by atoms with Gasteiger partial charge in [0.05, 0.1) is 47.8 Å². The van der Waals surface area contributed by atoms with Crippen molar-refractivity contribution in [3.63, 3.8) is 0 Å². The van der Waals surface area contributed by atoms with Crippen LogP contribution in [0.25, 0.3) is 10.8 Å². The molecule has 406 valence electrons. The van der Waals surface area contributed by atoms with Gasteiger partial charge in [-0.15, -0.1) is 0 Å². The van der Waals surface area contributed by atoms with E-state index in [0.29, 0.717) is 43.6 Å². The molecule has 0 aromatic heterocycles. The number of Topliss-reactive ketones (excluding diaryl/α,β-unsaturated/α-hetero) is 1. The van der Waals surface area contributed by atoms with Crippen molar-refractivity contribution >= 4 is 39.8 Å². The molecule has 5 bridgehead atoms. The first-order chi connectivity index (χ1) is 35.6. The van der Waals surface area contributed by atoms with Gasteiger partial charge in [0, 0.05) is 119 Å². The Balaban J connectivity index is 1.15. The molecule has 0 radical (unpaired) electrons. The molecule has 0 unspecified atom stereocenters. The van der Waals surface area contributed by atoms with Crippen molar-refractivity contribution in [1.82, 2.24) is 9.80 Å². The molecule has 75 heavy (non-hydrogen) atoms. The molecule has 1 amide bonds. The largest absolute Gasteiger partial charge is 0.507 e. The number of phenols is 2. The van der Waals surface area contributed by atoms with E-state index in [-0.39, 0.29) is 56.2 Å². The summed E-state index contributed by atoms with van der Waals surface area (Å²) in [4.78, 5) is 59.5. The van der Waals surface area contributed by atoms with Gasteiger partial charge in [-0.25, -0.2) is 4.99 Å². The van der Waals surface area contributed by atoms with Crippen LogP contribution < -0.4 is 25.7 Å². The van der Waals surface area contributed by atoms with Gasteiger partial charge in [0.15, 0.2) is 5.75 Å². The number of aliphatic hydroxyl groups excluding tert-OH is 2. The number of piperidine rings is 2. The van der Waals surface area contributed by atoms with Gasteiger partial charge < -0.3 is 54.5 Å². The summed E-state index contributed by atoms with van der Waals surface area (Å²) in [6, 6.07) is 10.5. The molecule has 1 spiro atoms. The van der Waals surface area contributed by atoms with Gasteiger partial charge in [-0.2, -0.15) is 0 Å². The highest BCUT2D eigenvalue weighted by atomic mass is 16.7. The zero-order valence-corrected chi connectivity index (χ0v) is 45.5. The van der Waals surface area contributed by atoms with Crippen molar-refractivity contribution < 1.29 is 53.8 Å². The Labute approximate surface area is 440 Å². The summed E-state index contributed by atoms with van der Waals surface area (Å²) in [6.45, 7) is 19.9. The number of esters is 1. The minimum absolute atomic E-state index is 0.0406. The number of benzene rings is 3. The number of para-hydroxylation sites is 1. The molecule has 0 aliphatic carbocycles. The Morgan fingerprint density at radius 2 is 1.59 bits per heavy atom. The number of ketones is 1. The van der Waals surface area contributed by atoms with Crippen molar-refractivity contribution in [3.8, 4) is 17.2 Å². The molecule has 17 nitrogen and oxygen atoms in total. The highest BCUT2D eigenvalue weighted by Gasteiger charge is 2.51. The number of fused-ring (bicyclic) bond motifs is 13. The number of hydrogen-bond acceptors (Lipinski definition) is 16. The molecule has 17 heteroatoms. The fourth-order valence-electron chi connectivity index (χ4n) is 11.8. The first kappa shape index (κ1) is 55.4. The lowest BCUT2D eigenvalue weighted by Crippen LogP contribution is -2.49. The number of hydrogen-bond donors (Lipinski definition) is 5. The third kappa shape index (κ3) is 11.1. The van der Waals surface area contributed by atoms with Crippen LogP contribution in [0, 0.1) is 36.5 Å². The lowest BCUT2D eigenvalue weighted by molar-refractivity contribution is -0.164. The lowest BCUT2D eigenvalue weighted by Gasteiger charge is -2.39. The summed E-state index contributed by atoms with van der Waals surface area (Å²) in [5.41, 5.74) is 1.01. The zero-order chi connectivity index (χ0) is 54.3. The second-order valence-electron chi connectivity index (χ2n) is 22.3. The van der Waals surface area contributed by atoms with Crippen LogP contribution in [0.1, 0.15) is 97.0 Å². The number of anilines is 2. The highest BCUT2D eigenvalue weighted by Crippen LogP contribution is 2.51. The molecule has 6 aliphatic heterocycles. The molecule has 2 fully saturated rings. The van der Waals surface area contributed by atoms with Crippen molar-refractivity contribution in [1.29, 1.82) is 0 Å². The van der Waals surface area contributed by atoms with Gasteiger partial charge in [0.25, 0.3) is 11.7 Å². The van der Waals surface area contributed by atoms with E-state index >= 15 is 0 Å². The summed E-state index contributed by atoms with van der Waals surface area (Å²) in [5, 5.41) is 51.7. The van der Waals surface area contributed by atoms with Gasteiger partial charge in [-0.05, 0) is 50.8 Å². The second kappa shape index (κ2) is 22.4. The number of carbonyl (C=O) groups excluding carboxylic acids is 3. The first-order valence-corrected chi connectivity index (χ1v) is 26.7. The van der Waals surface area contributed by atoms with Gasteiger partial charge in [-0.3, -0.25) is 24.3 Å². The number of likely N-dealkylation sites (tertiary alicyclic amines) is 2. The average molecular weight is 1040 g/mol. The van der Waals surface area contributed by atoms with Crippen LogP contribution in [0.15, 0.2) is 76.5 Å². The molecular formula is C58H78N6O11. The number of phenolic OH excluding ortho intramolecular Hbond substituents is 2. The Hall–Kier alpha value is -5.85. The van der Waals surface area contributed by atoms with Crippen molar-refractivity contribution in [2.45, 2.75) is 130 Å². The number of allylic oxidation sites excluding steroid dienone is 2. The SMILES string of the molecule is CO[C@H]1/C=C/O[C@@]2(C)Oc3c(C)c(O)c4c(O)c(c5c(c4c3C2=O)NC2(CCN(CC(C)C)CC2)N=5)=NC(=O)/C(C)=C\C=C\[C@H](C)[C@H](O)[C@@H](C)[C@@H](O)[C@@H](C)[C@H](OC(=O)CN2CCC(N(C)c3ccccc3)CC2)[C@@H]1C. The maximum absolute atomic E-state index is 15.0. The van der Waals surface area contributed by atoms with Gasteiger partial charge in [0.1, 0.15) is 34.0 Å². The van der Waals surface area contributed by atoms with Gasteiger partial charge in [-0.1, -0.05) is 78.0 Å². The first-order valence-electron chi connectivity index (χ1n) is 26.7. The monoisotopic (exact) mass is 1030 g/mol. The molecule has 3 aromatic carbocycles. The van der Waals surface area contributed by atoms with Crippen LogP contribution in [-0.2, 0) is 23.8 Å². The maximum atomic E-state index is 15.0. The van der Waals surface area contributed by atoms with E-state index in [1.807, 2.05) is 25.1 Å². The van der Waals surface area contributed by atoms with Gasteiger partial charge >= 0.3 is 11.8 Å². The van der Waals surface area contributed by atoms with E-state index < -0.39 is 82.9 Å². The van der Waals surface area contributed by atoms with Crippen LogP contribution in [0.5, 0.6) is 17.2 Å². The summed E-state index contributed by atoms with van der Waals surface area (Å²) >= 11 is 0. The number of methoxy groups -OCH3 is 1. The normalized spacial score (nSPS) is 30.5. The summed E-state index contributed by atoms with van der Waals surface area (Å²) in [5.74, 6) is -6.66. The number of carbonyl (C=O) groups is 3. The highest BCUT2D eigenvalue weighted by molar-refractivity contribution is 6.21. The second-order valence-corrected chi connectivity index (χ2v) is 22.3. The van der Waals surface area contributed by atoms with Crippen LogP contribution in [0.2, 0.25) is 0 Å². The van der Waals surface area contributed by atoms with Gasteiger partial charge in [0.2, 0.25) is 0 Å². The molecule has 6 aliphatic rings. The van der Waals surface area contributed by atoms with Crippen LogP contribution in [-0.4, -0.2) is 143 Å². The molecule has 3 aromatic rings. The Kier molecular flexibility index (Phi) is 16.5. The minimum Gasteiger partial charge on any atom is -0.507 e. The molecular weight excluding hydrogens is 957 g/mol. The maximum Gasteiger partial charge on any atom is 0.320 e. The molecule has 2 saturated heterocycles. The third-order valence-electron chi connectivity index (χ3n) is 16.5. The predicted molar refractivity (Wildman–Crippen MR) is 286 cm³/mol. The summed E-state index contributed by atoms with van der Waals surface area (Å²) < 4.78 is 25.0. The Morgan fingerprint density at radius 1 is 0.907 bits per heavy atom. The number of rotatable bonds is 8. The number of aromatic hydroxyl groups is 2. The molecule has 9 rings (SSSR count). The van der Waals surface area contributed by atoms with Crippen molar-refractivity contribution in [2.24, 2.45) is 39.6 Å². The van der Waals surface area contributed by atoms with E-state index in [9.17, 15) is 34.8 Å². The predicted octanol–water partition coefficient (Wildman–Crippen LogP) is 6.33. The van der Waals surface area contributed by atoms with E-state index in [1.54, 1.807) is 58.9 Å². The smallest absolute Gasteiger partial charge is 0.320 e. The number of nitrogens with zero attached hydrogens (tertiary/aromatic N) is 5. The summed E-state index contributed by atoms with van der Waals surface area (Å²) in [7, 11) is 3.60. The molecule has 0 saturated carbocycles. The van der Waals surface area contributed by atoms with E-state index in [0.717, 1.165) is 38.2 Å². The number of nitrogens with one attached hydrogen (secondary N) is 1. The van der Waals surface area contributed by atoms with E-state index in [1.165, 1.54) is 20.3 Å². The van der Waals surface area contributed by atoms with Crippen LogP contribution >= 0.6 is 0 Å². The average Bonchev–Trinajstić information content (AvgIpc) is 3.96. The molecule has 6 heterocycles. The van der Waals surface area contributed by atoms with E-state index in [2.05, 4.69) is 58.0 Å². The fourth-order valence-corrected chi connectivity index (χ4v) is 11.8. The van der Waals surface area contributed by atoms with Crippen LogP contribution in [0.3, 0.4) is 0 Å². The topological polar surface area (TPSA) is 216 Å². The lowest BCUT2D eigenvalue weighted by atomic mass is 9.78. The Morgan fingerprint density at radius 3 is 2.24 bits per heavy atom. The molecule has 5 N–H and O–H groups in total. The van der Waals surface area contributed by atoms with Crippen molar-refractivity contribution in [2.75, 3.05) is 63.6 Å². The van der Waals surface area contributed by atoms with E-state index in [4.69, 9.17) is 23.9 Å². The zero-order valence-electron chi connectivity index (χ0n) is 45.5. The standard InChI is InChI=1S/C58H78N6O11/c1-32(2)30-64-27-23-58(24-28-64)60-46-43-44-51(68)38(8)54-45(43)55(70)57(9,75-54)73-29-22-41(72-11)35(5)53(74-42(65)31-63-25-20-40(21-26-63)62(10)39-18-13-12-14-19-39)37(7)50(67)36(6)49(66)33(3)16-15-17-34(4)56(71)59-48(52(44)69)47(46)61-58/h12-19,22,29,32-33,35-37,40-41,49-50,53,60,66-69H,20-21,23-28,30-31H2,1-11H3/b16-15+,29-22+,34-17-,59-48?/t33-,35+,36+,37+,41-,49-,50+,53+,57-/m0/s1. The number of aliphatic hydroxyl groups is 2. The molecule has 9 atom stereocenters. The number of ether oxygens (including phenoxy) is 4. The third-order valence-corrected chi connectivity index (χ3v) is 16.5. The van der Waals surface area contributed by atoms with Crippen LogP contribution in [0.4, 0.5) is 11.4 Å². The van der Waals surface area contributed by atoms with Crippen molar-refractivity contribution in [3.05, 3.63) is 88.3 Å². The quantitative estimate of drug-likeness (QED) is 0.123. The number of amides is 1. The fraction of sp³-hybridized carbons (Fsp3) is 0.569. The Bertz CT molecular complexity index is 2850.